The second kappa shape index (κ2) is 6.41. The molecule has 1 amide bonds. The van der Waals surface area contributed by atoms with Crippen molar-refractivity contribution in [1.29, 1.82) is 0 Å². The van der Waals surface area contributed by atoms with Crippen LogP contribution < -0.4 is 5.32 Å². The van der Waals surface area contributed by atoms with E-state index in [0.29, 0.717) is 17.0 Å². The molecule has 2 fully saturated rings. The molecular weight excluding hydrogens is 344 g/mol. The van der Waals surface area contributed by atoms with E-state index in [1.54, 1.807) is 24.3 Å². The van der Waals surface area contributed by atoms with Crippen LogP contribution in [0.2, 0.25) is 5.02 Å². The van der Waals surface area contributed by atoms with Crippen LogP contribution in [0.5, 0.6) is 0 Å². The lowest BCUT2D eigenvalue weighted by Crippen LogP contribution is -2.23. The summed E-state index contributed by atoms with van der Waals surface area (Å²) in [5.41, 5.74) is 0.749. The van der Waals surface area contributed by atoms with Gasteiger partial charge in [-0.1, -0.05) is 23.4 Å². The van der Waals surface area contributed by atoms with Crippen molar-refractivity contribution < 1.29 is 4.79 Å². The van der Waals surface area contributed by atoms with E-state index in [-0.39, 0.29) is 11.2 Å². The number of hydrogen-bond donors (Lipinski definition) is 1. The standard InChI is InChI=1S/C17H19ClN4OS/c1-10(16(23)19-13-6-4-12(18)5-7-13)24-17-21-20-15(11-2-3-11)22(17)14-8-9-14/h4-7,10-11,14H,2-3,8-9H2,1H3,(H,19,23). The number of nitrogens with one attached hydrogen (secondary N) is 1. The van der Waals surface area contributed by atoms with E-state index >= 15 is 0 Å². The molecule has 1 heterocycles. The van der Waals surface area contributed by atoms with Gasteiger partial charge in [-0.15, -0.1) is 10.2 Å². The Morgan fingerprint density at radius 3 is 2.58 bits per heavy atom. The summed E-state index contributed by atoms with van der Waals surface area (Å²) in [4.78, 5) is 12.4. The highest BCUT2D eigenvalue weighted by Gasteiger charge is 2.37. The number of benzene rings is 1. The molecule has 1 N–H and O–H groups in total. The first kappa shape index (κ1) is 16.0. The number of carbonyl (C=O) groups is 1. The van der Waals surface area contributed by atoms with Crippen LogP contribution in [0.1, 0.15) is 50.4 Å². The fraction of sp³-hybridized carbons (Fsp3) is 0.471. The molecule has 1 aromatic carbocycles. The van der Waals surface area contributed by atoms with Crippen molar-refractivity contribution in [3.63, 3.8) is 0 Å². The lowest BCUT2D eigenvalue weighted by molar-refractivity contribution is -0.115. The van der Waals surface area contributed by atoms with Crippen LogP contribution in [0.15, 0.2) is 29.4 Å². The Bertz CT molecular complexity index is 752. The average Bonchev–Trinajstić information content (AvgIpc) is 3.49. The summed E-state index contributed by atoms with van der Waals surface area (Å²) < 4.78 is 2.27. The molecule has 24 heavy (non-hydrogen) atoms. The third-order valence-corrected chi connectivity index (χ3v) is 5.62. The third-order valence-electron chi connectivity index (χ3n) is 4.31. The van der Waals surface area contributed by atoms with E-state index in [4.69, 9.17) is 11.6 Å². The molecule has 126 valence electrons. The molecule has 0 aliphatic heterocycles. The number of carbonyl (C=O) groups excluding carboxylic acids is 1. The first-order valence-corrected chi connectivity index (χ1v) is 9.55. The molecule has 1 unspecified atom stereocenters. The third kappa shape index (κ3) is 3.44. The van der Waals surface area contributed by atoms with Crippen LogP contribution >= 0.6 is 23.4 Å². The molecule has 2 aromatic rings. The summed E-state index contributed by atoms with van der Waals surface area (Å²) in [6, 6.07) is 7.66. The van der Waals surface area contributed by atoms with Gasteiger partial charge in [-0.2, -0.15) is 0 Å². The van der Waals surface area contributed by atoms with E-state index in [0.717, 1.165) is 16.7 Å². The number of amides is 1. The van der Waals surface area contributed by atoms with Crippen molar-refractivity contribution in [2.75, 3.05) is 5.32 Å². The molecule has 2 aliphatic rings. The van der Waals surface area contributed by atoms with Crippen LogP contribution in [0.4, 0.5) is 5.69 Å². The zero-order valence-electron chi connectivity index (χ0n) is 13.4. The van der Waals surface area contributed by atoms with Crippen LogP contribution in [0.25, 0.3) is 0 Å². The molecule has 2 aliphatic carbocycles. The Kier molecular flexibility index (Phi) is 4.26. The van der Waals surface area contributed by atoms with Gasteiger partial charge in [-0.25, -0.2) is 0 Å². The Morgan fingerprint density at radius 2 is 1.96 bits per heavy atom. The van der Waals surface area contributed by atoms with E-state index in [9.17, 15) is 4.79 Å². The van der Waals surface area contributed by atoms with Crippen LogP contribution in [-0.2, 0) is 4.79 Å². The van der Waals surface area contributed by atoms with E-state index in [1.165, 1.54) is 37.4 Å². The quantitative estimate of drug-likeness (QED) is 0.780. The van der Waals surface area contributed by atoms with Crippen molar-refractivity contribution in [3.05, 3.63) is 35.1 Å². The first-order valence-electron chi connectivity index (χ1n) is 8.29. The van der Waals surface area contributed by atoms with Gasteiger partial charge in [0.15, 0.2) is 5.16 Å². The molecule has 0 radical (unpaired) electrons. The maximum Gasteiger partial charge on any atom is 0.237 e. The van der Waals surface area contributed by atoms with Gasteiger partial charge >= 0.3 is 0 Å². The highest BCUT2D eigenvalue weighted by Crippen LogP contribution is 2.46. The van der Waals surface area contributed by atoms with Gasteiger partial charge in [-0.3, -0.25) is 4.79 Å². The predicted molar refractivity (Wildman–Crippen MR) is 95.7 cm³/mol. The fourth-order valence-corrected chi connectivity index (χ4v) is 3.71. The maximum absolute atomic E-state index is 12.4. The number of nitrogens with zero attached hydrogens (tertiary/aromatic N) is 3. The van der Waals surface area contributed by atoms with E-state index < -0.39 is 0 Å². The molecule has 4 rings (SSSR count). The molecule has 7 heteroatoms. The molecule has 1 aromatic heterocycles. The average molecular weight is 363 g/mol. The van der Waals surface area contributed by atoms with E-state index in [1.807, 2.05) is 6.92 Å². The summed E-state index contributed by atoms with van der Waals surface area (Å²) in [6.07, 6.45) is 4.80. The largest absolute Gasteiger partial charge is 0.325 e. The van der Waals surface area contributed by atoms with Gasteiger partial charge in [0.1, 0.15) is 5.82 Å². The smallest absolute Gasteiger partial charge is 0.237 e. The molecule has 0 saturated heterocycles. The topological polar surface area (TPSA) is 59.8 Å². The minimum Gasteiger partial charge on any atom is -0.325 e. The van der Waals surface area contributed by atoms with Gasteiger partial charge in [0.25, 0.3) is 0 Å². The van der Waals surface area contributed by atoms with Crippen LogP contribution in [-0.4, -0.2) is 25.9 Å². The summed E-state index contributed by atoms with van der Waals surface area (Å²) >= 11 is 7.36. The lowest BCUT2D eigenvalue weighted by Gasteiger charge is -2.13. The SMILES string of the molecule is CC(Sc1nnc(C2CC2)n1C1CC1)C(=O)Nc1ccc(Cl)cc1. The minimum absolute atomic E-state index is 0.0411. The Morgan fingerprint density at radius 1 is 1.25 bits per heavy atom. The summed E-state index contributed by atoms with van der Waals surface area (Å²) in [5, 5.41) is 13.0. The first-order chi connectivity index (χ1) is 11.6. The molecule has 5 nitrogen and oxygen atoms in total. The number of rotatable bonds is 6. The number of hydrogen-bond acceptors (Lipinski definition) is 4. The van der Waals surface area contributed by atoms with Crippen molar-refractivity contribution in [3.8, 4) is 0 Å². The Balaban J connectivity index is 1.44. The van der Waals surface area contributed by atoms with Crippen molar-refractivity contribution in [1.82, 2.24) is 14.8 Å². The maximum atomic E-state index is 12.4. The number of anilines is 1. The highest BCUT2D eigenvalue weighted by atomic mass is 35.5. The molecule has 1 atom stereocenters. The number of aromatic nitrogens is 3. The number of halogens is 1. The summed E-state index contributed by atoms with van der Waals surface area (Å²) in [5.74, 6) is 1.65. The van der Waals surface area contributed by atoms with Crippen LogP contribution in [0.3, 0.4) is 0 Å². The van der Waals surface area contributed by atoms with Gasteiger partial charge in [0, 0.05) is 22.7 Å². The Labute approximate surface area is 150 Å². The molecular formula is C17H19ClN4OS. The lowest BCUT2D eigenvalue weighted by atomic mass is 10.3. The normalized spacial score (nSPS) is 18.4. The van der Waals surface area contributed by atoms with Crippen molar-refractivity contribution in [2.24, 2.45) is 0 Å². The second-order valence-electron chi connectivity index (χ2n) is 6.47. The summed E-state index contributed by atoms with van der Waals surface area (Å²) in [6.45, 7) is 1.90. The van der Waals surface area contributed by atoms with Crippen molar-refractivity contribution in [2.45, 2.75) is 55.0 Å². The molecule has 2 saturated carbocycles. The fourth-order valence-electron chi connectivity index (χ4n) is 2.65. The van der Waals surface area contributed by atoms with Gasteiger partial charge in [0.2, 0.25) is 5.91 Å². The molecule has 0 bridgehead atoms. The zero-order valence-corrected chi connectivity index (χ0v) is 15.0. The zero-order chi connectivity index (χ0) is 16.7. The van der Waals surface area contributed by atoms with Gasteiger partial charge in [-0.05, 0) is 56.9 Å². The van der Waals surface area contributed by atoms with Crippen molar-refractivity contribution >= 4 is 35.0 Å². The Hall–Kier alpha value is -1.53. The van der Waals surface area contributed by atoms with Crippen LogP contribution in [0, 0.1) is 0 Å². The van der Waals surface area contributed by atoms with Gasteiger partial charge < -0.3 is 9.88 Å². The van der Waals surface area contributed by atoms with E-state index in [2.05, 4.69) is 20.1 Å². The predicted octanol–water partition coefficient (Wildman–Crippen LogP) is 4.26. The highest BCUT2D eigenvalue weighted by molar-refractivity contribution is 8.00. The minimum atomic E-state index is -0.241. The molecule has 0 spiro atoms. The number of thioether (sulfide) groups is 1. The monoisotopic (exact) mass is 362 g/mol. The summed E-state index contributed by atoms with van der Waals surface area (Å²) in [7, 11) is 0. The van der Waals surface area contributed by atoms with Gasteiger partial charge in [0.05, 0.1) is 5.25 Å². The second-order valence-corrected chi connectivity index (χ2v) is 8.22.